The molecule has 1 N–H and O–H groups in total. The molecular formula is C13H21N5O. The van der Waals surface area contributed by atoms with Gasteiger partial charge in [-0.2, -0.15) is 0 Å². The summed E-state index contributed by atoms with van der Waals surface area (Å²) in [4.78, 5) is 13.9. The number of piperidine rings is 1. The molecule has 0 aromatic carbocycles. The van der Waals surface area contributed by atoms with Crippen LogP contribution >= 0.6 is 0 Å². The lowest BCUT2D eigenvalue weighted by Crippen LogP contribution is -2.44. The van der Waals surface area contributed by atoms with Crippen molar-refractivity contribution in [2.24, 2.45) is 0 Å². The van der Waals surface area contributed by atoms with E-state index in [2.05, 4.69) is 20.1 Å². The Labute approximate surface area is 113 Å². The standard InChI is InChI=1S/C13H21N5O/c1-14-13(19)17-8-4-2-6-10(17)12-16-15-11-7-3-5-9-18(11)12/h10H,2-9H2,1H3,(H,14,19)/t10-/m1/s1. The molecule has 0 bridgehead atoms. The molecule has 2 aliphatic rings. The number of hydrogen-bond acceptors (Lipinski definition) is 3. The predicted molar refractivity (Wildman–Crippen MR) is 70.7 cm³/mol. The third-order valence-corrected chi connectivity index (χ3v) is 4.16. The third kappa shape index (κ3) is 2.19. The van der Waals surface area contributed by atoms with Crippen LogP contribution in [0, 0.1) is 0 Å². The number of nitrogens with one attached hydrogen (secondary N) is 1. The average molecular weight is 263 g/mol. The zero-order valence-corrected chi connectivity index (χ0v) is 11.4. The number of urea groups is 1. The zero-order valence-electron chi connectivity index (χ0n) is 11.4. The molecule has 0 radical (unpaired) electrons. The summed E-state index contributed by atoms with van der Waals surface area (Å²) in [5.74, 6) is 2.07. The molecule has 2 amide bonds. The van der Waals surface area contributed by atoms with Crippen LogP contribution in [0.5, 0.6) is 0 Å². The van der Waals surface area contributed by atoms with E-state index in [9.17, 15) is 4.79 Å². The maximum atomic E-state index is 12.0. The Kier molecular flexibility index (Phi) is 3.40. The van der Waals surface area contributed by atoms with Crippen LogP contribution in [0.15, 0.2) is 0 Å². The lowest BCUT2D eigenvalue weighted by molar-refractivity contribution is 0.146. The second kappa shape index (κ2) is 5.19. The van der Waals surface area contributed by atoms with Crippen LogP contribution in [0.25, 0.3) is 0 Å². The summed E-state index contributed by atoms with van der Waals surface area (Å²) in [5, 5.41) is 11.4. The summed E-state index contributed by atoms with van der Waals surface area (Å²) in [6.45, 7) is 1.81. The molecule has 0 aliphatic carbocycles. The smallest absolute Gasteiger partial charge is 0.317 e. The monoisotopic (exact) mass is 263 g/mol. The Hall–Kier alpha value is -1.59. The molecular weight excluding hydrogens is 242 g/mol. The van der Waals surface area contributed by atoms with Crippen molar-refractivity contribution in [1.29, 1.82) is 0 Å². The van der Waals surface area contributed by atoms with Crippen molar-refractivity contribution in [2.75, 3.05) is 13.6 Å². The van der Waals surface area contributed by atoms with Gasteiger partial charge in [0.25, 0.3) is 0 Å². The molecule has 3 rings (SSSR count). The molecule has 3 heterocycles. The summed E-state index contributed by atoms with van der Waals surface area (Å²) >= 11 is 0. The van der Waals surface area contributed by atoms with Crippen LogP contribution in [-0.4, -0.2) is 39.3 Å². The topological polar surface area (TPSA) is 63.1 Å². The molecule has 6 nitrogen and oxygen atoms in total. The molecule has 1 atom stereocenters. The van der Waals surface area contributed by atoms with E-state index >= 15 is 0 Å². The Morgan fingerprint density at radius 3 is 2.89 bits per heavy atom. The van der Waals surface area contributed by atoms with Gasteiger partial charge in [-0.1, -0.05) is 0 Å². The van der Waals surface area contributed by atoms with Crippen LogP contribution in [0.3, 0.4) is 0 Å². The van der Waals surface area contributed by atoms with E-state index in [4.69, 9.17) is 0 Å². The van der Waals surface area contributed by atoms with Crippen molar-refractivity contribution < 1.29 is 4.79 Å². The number of rotatable bonds is 1. The summed E-state index contributed by atoms with van der Waals surface area (Å²) in [6, 6.07) is 0.0888. The van der Waals surface area contributed by atoms with Gasteiger partial charge in [0.1, 0.15) is 5.82 Å². The molecule has 104 valence electrons. The SMILES string of the molecule is CNC(=O)N1CCCC[C@@H]1c1nnc2n1CCCC2. The van der Waals surface area contributed by atoms with Crippen molar-refractivity contribution in [3.63, 3.8) is 0 Å². The largest absolute Gasteiger partial charge is 0.341 e. The van der Waals surface area contributed by atoms with E-state index in [-0.39, 0.29) is 12.1 Å². The molecule has 0 saturated carbocycles. The summed E-state index contributed by atoms with van der Waals surface area (Å²) in [6.07, 6.45) is 6.61. The Balaban J connectivity index is 1.90. The number of fused-ring (bicyclic) bond motifs is 1. The Morgan fingerprint density at radius 1 is 1.21 bits per heavy atom. The molecule has 2 aliphatic heterocycles. The number of likely N-dealkylation sites (tertiary alicyclic amines) is 1. The van der Waals surface area contributed by atoms with Crippen molar-refractivity contribution in [3.8, 4) is 0 Å². The van der Waals surface area contributed by atoms with Crippen molar-refractivity contribution in [2.45, 2.75) is 51.1 Å². The van der Waals surface area contributed by atoms with E-state index in [0.717, 1.165) is 50.4 Å². The highest BCUT2D eigenvalue weighted by atomic mass is 16.2. The molecule has 6 heteroatoms. The fraction of sp³-hybridized carbons (Fsp3) is 0.769. The van der Waals surface area contributed by atoms with Gasteiger partial charge in [0.2, 0.25) is 0 Å². The number of amides is 2. The van der Waals surface area contributed by atoms with Crippen LogP contribution < -0.4 is 5.32 Å². The van der Waals surface area contributed by atoms with Crippen LogP contribution in [-0.2, 0) is 13.0 Å². The van der Waals surface area contributed by atoms with Gasteiger partial charge in [-0.25, -0.2) is 4.79 Å². The van der Waals surface area contributed by atoms with Crippen molar-refractivity contribution in [3.05, 3.63) is 11.6 Å². The minimum Gasteiger partial charge on any atom is -0.341 e. The summed E-state index contributed by atoms with van der Waals surface area (Å²) < 4.78 is 2.23. The lowest BCUT2D eigenvalue weighted by atomic mass is 10.0. The molecule has 0 spiro atoms. The third-order valence-electron chi connectivity index (χ3n) is 4.16. The lowest BCUT2D eigenvalue weighted by Gasteiger charge is -2.35. The van der Waals surface area contributed by atoms with Gasteiger partial charge in [-0.05, 0) is 32.1 Å². The normalized spacial score (nSPS) is 23.0. The number of carbonyl (C=O) groups is 1. The van der Waals surface area contributed by atoms with Gasteiger partial charge in [0.05, 0.1) is 6.04 Å². The first-order valence-electron chi connectivity index (χ1n) is 7.21. The molecule has 1 aromatic rings. The van der Waals surface area contributed by atoms with E-state index in [0.29, 0.717) is 0 Å². The Morgan fingerprint density at radius 2 is 2.05 bits per heavy atom. The van der Waals surface area contributed by atoms with Gasteiger partial charge in [-0.3, -0.25) is 0 Å². The average Bonchev–Trinajstić information content (AvgIpc) is 2.90. The molecule has 0 unspecified atom stereocenters. The predicted octanol–water partition coefficient (Wildman–Crippen LogP) is 1.48. The second-order valence-corrected chi connectivity index (χ2v) is 5.34. The van der Waals surface area contributed by atoms with Gasteiger partial charge >= 0.3 is 6.03 Å². The Bertz CT molecular complexity index is 470. The molecule has 19 heavy (non-hydrogen) atoms. The van der Waals surface area contributed by atoms with Gasteiger partial charge in [0.15, 0.2) is 5.82 Å². The second-order valence-electron chi connectivity index (χ2n) is 5.34. The van der Waals surface area contributed by atoms with Crippen LogP contribution in [0.2, 0.25) is 0 Å². The van der Waals surface area contributed by atoms with E-state index < -0.39 is 0 Å². The minimum absolute atomic E-state index is 0.00198. The number of hydrogen-bond donors (Lipinski definition) is 1. The maximum absolute atomic E-state index is 12.0. The minimum atomic E-state index is -0.00198. The fourth-order valence-electron chi connectivity index (χ4n) is 3.16. The first kappa shape index (κ1) is 12.4. The van der Waals surface area contributed by atoms with Crippen LogP contribution in [0.4, 0.5) is 4.79 Å². The number of carbonyl (C=O) groups excluding carboxylic acids is 1. The van der Waals surface area contributed by atoms with E-state index in [1.54, 1.807) is 7.05 Å². The fourth-order valence-corrected chi connectivity index (χ4v) is 3.16. The number of nitrogens with zero attached hydrogens (tertiary/aromatic N) is 4. The first-order valence-corrected chi connectivity index (χ1v) is 7.21. The quantitative estimate of drug-likeness (QED) is 0.834. The molecule has 1 aromatic heterocycles. The van der Waals surface area contributed by atoms with Gasteiger partial charge in [-0.15, -0.1) is 10.2 Å². The zero-order chi connectivity index (χ0) is 13.2. The van der Waals surface area contributed by atoms with E-state index in [1.165, 1.54) is 12.8 Å². The highest BCUT2D eigenvalue weighted by Crippen LogP contribution is 2.31. The number of aryl methyl sites for hydroxylation is 1. The van der Waals surface area contributed by atoms with Gasteiger partial charge < -0.3 is 14.8 Å². The highest BCUT2D eigenvalue weighted by Gasteiger charge is 2.32. The first-order chi connectivity index (χ1) is 9.31. The van der Waals surface area contributed by atoms with Gasteiger partial charge in [0, 0.05) is 26.6 Å². The van der Waals surface area contributed by atoms with E-state index in [1.807, 2.05) is 4.90 Å². The number of aromatic nitrogens is 3. The van der Waals surface area contributed by atoms with Crippen LogP contribution in [0.1, 0.15) is 49.8 Å². The summed E-state index contributed by atoms with van der Waals surface area (Å²) in [5.41, 5.74) is 0. The molecule has 1 saturated heterocycles. The van der Waals surface area contributed by atoms with Crippen molar-refractivity contribution in [1.82, 2.24) is 25.0 Å². The molecule has 1 fully saturated rings. The van der Waals surface area contributed by atoms with Crippen molar-refractivity contribution >= 4 is 6.03 Å². The summed E-state index contributed by atoms with van der Waals surface area (Å²) in [7, 11) is 1.69. The maximum Gasteiger partial charge on any atom is 0.317 e. The highest BCUT2D eigenvalue weighted by molar-refractivity contribution is 5.74.